The van der Waals surface area contributed by atoms with Crippen LogP contribution >= 0.6 is 15.9 Å². The molecule has 6 heteroatoms. The van der Waals surface area contributed by atoms with Crippen LogP contribution in [0.15, 0.2) is 40.0 Å². The highest BCUT2D eigenvalue weighted by molar-refractivity contribution is 9.10. The van der Waals surface area contributed by atoms with Crippen molar-refractivity contribution in [3.8, 4) is 0 Å². The Labute approximate surface area is 138 Å². The SMILES string of the molecule is CCOC(=O)C1=C(C)N(C)C(=O)N(C)[C@H]1c1cccc(Br)c1. The minimum Gasteiger partial charge on any atom is -0.463 e. The Morgan fingerprint density at radius 2 is 2.05 bits per heavy atom. The molecule has 0 spiro atoms. The molecule has 1 aromatic carbocycles. The summed E-state index contributed by atoms with van der Waals surface area (Å²) in [6.45, 7) is 3.83. The van der Waals surface area contributed by atoms with E-state index in [1.165, 1.54) is 4.90 Å². The van der Waals surface area contributed by atoms with Gasteiger partial charge in [-0.1, -0.05) is 28.1 Å². The number of ether oxygens (including phenoxy) is 1. The molecule has 1 aliphatic rings. The van der Waals surface area contributed by atoms with Gasteiger partial charge < -0.3 is 14.5 Å². The number of amides is 2. The second-order valence-electron chi connectivity index (χ2n) is 5.13. The zero-order chi connectivity index (χ0) is 16.4. The lowest BCUT2D eigenvalue weighted by molar-refractivity contribution is -0.139. The molecule has 0 saturated carbocycles. The number of esters is 1. The zero-order valence-corrected chi connectivity index (χ0v) is 14.7. The van der Waals surface area contributed by atoms with Crippen LogP contribution in [0.25, 0.3) is 0 Å². The van der Waals surface area contributed by atoms with E-state index in [2.05, 4.69) is 15.9 Å². The molecule has 5 nitrogen and oxygen atoms in total. The van der Waals surface area contributed by atoms with Gasteiger partial charge >= 0.3 is 12.0 Å². The Balaban J connectivity index is 2.60. The average molecular weight is 367 g/mol. The Bertz CT molecular complexity index is 642. The van der Waals surface area contributed by atoms with E-state index in [4.69, 9.17) is 4.74 Å². The minimum absolute atomic E-state index is 0.157. The van der Waals surface area contributed by atoms with Crippen molar-refractivity contribution in [2.45, 2.75) is 19.9 Å². The third-order valence-electron chi connectivity index (χ3n) is 3.80. The van der Waals surface area contributed by atoms with Crippen molar-refractivity contribution >= 4 is 27.9 Å². The molecular weight excluding hydrogens is 348 g/mol. The van der Waals surface area contributed by atoms with E-state index in [0.29, 0.717) is 17.9 Å². The molecule has 0 bridgehead atoms. The van der Waals surface area contributed by atoms with E-state index in [1.54, 1.807) is 32.8 Å². The number of urea groups is 1. The Hall–Kier alpha value is -1.82. The van der Waals surface area contributed by atoms with Gasteiger partial charge in [0.2, 0.25) is 0 Å². The predicted molar refractivity (Wildman–Crippen MR) is 87.1 cm³/mol. The molecule has 118 valence electrons. The first-order valence-electron chi connectivity index (χ1n) is 7.02. The summed E-state index contributed by atoms with van der Waals surface area (Å²) in [5.41, 5.74) is 1.97. The number of carbonyl (C=O) groups excluding carboxylic acids is 2. The van der Waals surface area contributed by atoms with Gasteiger partial charge in [0, 0.05) is 24.3 Å². The second-order valence-corrected chi connectivity index (χ2v) is 6.05. The summed E-state index contributed by atoms with van der Waals surface area (Å²) in [7, 11) is 3.35. The number of benzene rings is 1. The topological polar surface area (TPSA) is 49.9 Å². The van der Waals surface area contributed by atoms with Crippen LogP contribution in [0, 0.1) is 0 Å². The van der Waals surface area contributed by atoms with Gasteiger partial charge in [-0.25, -0.2) is 9.59 Å². The van der Waals surface area contributed by atoms with Crippen molar-refractivity contribution in [2.75, 3.05) is 20.7 Å². The zero-order valence-electron chi connectivity index (χ0n) is 13.1. The van der Waals surface area contributed by atoms with Crippen LogP contribution in [-0.2, 0) is 9.53 Å². The highest BCUT2D eigenvalue weighted by Crippen LogP contribution is 2.36. The summed E-state index contributed by atoms with van der Waals surface area (Å²) >= 11 is 3.43. The molecule has 1 aliphatic heterocycles. The van der Waals surface area contributed by atoms with Gasteiger partial charge in [0.05, 0.1) is 18.2 Å². The third-order valence-corrected chi connectivity index (χ3v) is 4.30. The fraction of sp³-hybridized carbons (Fsp3) is 0.375. The van der Waals surface area contributed by atoms with Crippen molar-refractivity contribution in [3.05, 3.63) is 45.6 Å². The van der Waals surface area contributed by atoms with Crippen LogP contribution in [0.4, 0.5) is 4.79 Å². The number of hydrogen-bond acceptors (Lipinski definition) is 3. The van der Waals surface area contributed by atoms with Gasteiger partial charge in [0.1, 0.15) is 0 Å². The normalized spacial score (nSPS) is 18.8. The molecule has 0 fully saturated rings. The fourth-order valence-corrected chi connectivity index (χ4v) is 3.01. The van der Waals surface area contributed by atoms with Gasteiger partial charge in [-0.2, -0.15) is 0 Å². The molecule has 1 aromatic rings. The van der Waals surface area contributed by atoms with Crippen LogP contribution in [-0.4, -0.2) is 42.5 Å². The monoisotopic (exact) mass is 366 g/mol. The van der Waals surface area contributed by atoms with Crippen LogP contribution < -0.4 is 0 Å². The lowest BCUT2D eigenvalue weighted by Crippen LogP contribution is -2.47. The standard InChI is InChI=1S/C16H19BrN2O3/c1-5-22-15(20)13-10(2)18(3)16(21)19(4)14(13)11-7-6-8-12(17)9-11/h6-9,14H,5H2,1-4H3/t14-/m0/s1. The van der Waals surface area contributed by atoms with Crippen molar-refractivity contribution < 1.29 is 14.3 Å². The van der Waals surface area contributed by atoms with Crippen LogP contribution in [0.2, 0.25) is 0 Å². The Morgan fingerprint density at radius 3 is 2.64 bits per heavy atom. The Kier molecular flexibility index (Phi) is 4.90. The molecule has 0 unspecified atom stereocenters. The maximum absolute atomic E-state index is 12.4. The van der Waals surface area contributed by atoms with Crippen LogP contribution in [0.3, 0.4) is 0 Å². The van der Waals surface area contributed by atoms with Crippen molar-refractivity contribution in [3.63, 3.8) is 0 Å². The minimum atomic E-state index is -0.458. The summed E-state index contributed by atoms with van der Waals surface area (Å²) in [5, 5.41) is 0. The first kappa shape index (κ1) is 16.5. The molecule has 0 radical (unpaired) electrons. The molecule has 0 aliphatic carbocycles. The fourth-order valence-electron chi connectivity index (χ4n) is 2.60. The summed E-state index contributed by atoms with van der Waals surface area (Å²) in [5.74, 6) is -0.392. The van der Waals surface area contributed by atoms with E-state index in [9.17, 15) is 9.59 Å². The smallest absolute Gasteiger partial charge is 0.338 e. The third kappa shape index (κ3) is 2.88. The summed E-state index contributed by atoms with van der Waals surface area (Å²) in [6.07, 6.45) is 0. The summed E-state index contributed by atoms with van der Waals surface area (Å²) < 4.78 is 6.09. The largest absolute Gasteiger partial charge is 0.463 e. The number of hydrogen-bond donors (Lipinski definition) is 0. The lowest BCUT2D eigenvalue weighted by Gasteiger charge is -2.39. The highest BCUT2D eigenvalue weighted by atomic mass is 79.9. The number of carbonyl (C=O) groups is 2. The first-order chi connectivity index (χ1) is 10.4. The predicted octanol–water partition coefficient (Wildman–Crippen LogP) is 3.32. The lowest BCUT2D eigenvalue weighted by atomic mass is 9.94. The van der Waals surface area contributed by atoms with Gasteiger partial charge in [-0.05, 0) is 31.5 Å². The molecule has 1 atom stereocenters. The Morgan fingerprint density at radius 1 is 1.36 bits per heavy atom. The van der Waals surface area contributed by atoms with E-state index < -0.39 is 12.0 Å². The molecule has 1 heterocycles. The number of allylic oxidation sites excluding steroid dienone is 1. The van der Waals surface area contributed by atoms with E-state index in [1.807, 2.05) is 24.3 Å². The maximum Gasteiger partial charge on any atom is 0.338 e. The van der Waals surface area contributed by atoms with E-state index in [-0.39, 0.29) is 6.03 Å². The van der Waals surface area contributed by atoms with Gasteiger partial charge in [-0.3, -0.25) is 0 Å². The number of likely N-dealkylation sites (N-methyl/N-ethyl adjacent to an activating group) is 1. The molecular formula is C16H19BrN2O3. The quantitative estimate of drug-likeness (QED) is 0.770. The van der Waals surface area contributed by atoms with E-state index >= 15 is 0 Å². The van der Waals surface area contributed by atoms with Crippen molar-refractivity contribution in [2.24, 2.45) is 0 Å². The second kappa shape index (κ2) is 6.52. The highest BCUT2D eigenvalue weighted by Gasteiger charge is 2.39. The van der Waals surface area contributed by atoms with Crippen molar-refractivity contribution in [1.29, 1.82) is 0 Å². The number of halogens is 1. The molecule has 2 rings (SSSR count). The van der Waals surface area contributed by atoms with Gasteiger partial charge in [0.15, 0.2) is 0 Å². The van der Waals surface area contributed by atoms with Crippen LogP contribution in [0.1, 0.15) is 25.5 Å². The van der Waals surface area contributed by atoms with Gasteiger partial charge in [-0.15, -0.1) is 0 Å². The summed E-state index contributed by atoms with van der Waals surface area (Å²) in [6, 6.07) is 6.98. The molecule has 2 amide bonds. The average Bonchev–Trinajstić information content (AvgIpc) is 2.48. The van der Waals surface area contributed by atoms with Crippen molar-refractivity contribution in [1.82, 2.24) is 9.80 Å². The maximum atomic E-state index is 12.4. The summed E-state index contributed by atoms with van der Waals surface area (Å²) in [4.78, 5) is 27.8. The first-order valence-corrected chi connectivity index (χ1v) is 7.81. The molecule has 0 aromatic heterocycles. The molecule has 22 heavy (non-hydrogen) atoms. The van der Waals surface area contributed by atoms with Crippen LogP contribution in [0.5, 0.6) is 0 Å². The molecule has 0 saturated heterocycles. The van der Waals surface area contributed by atoms with Gasteiger partial charge in [0.25, 0.3) is 0 Å². The molecule has 0 N–H and O–H groups in total. The number of rotatable bonds is 3. The van der Waals surface area contributed by atoms with E-state index in [0.717, 1.165) is 10.0 Å². The number of nitrogens with zero attached hydrogens (tertiary/aromatic N) is 2.